The van der Waals surface area contributed by atoms with Crippen LogP contribution in [0.5, 0.6) is 0 Å². The lowest BCUT2D eigenvalue weighted by atomic mass is 10.0. The number of carbonyl (C=O) groups is 2. The summed E-state index contributed by atoms with van der Waals surface area (Å²) in [5.41, 5.74) is 4.91. The van der Waals surface area contributed by atoms with Crippen LogP contribution in [0.2, 0.25) is 0 Å². The molecule has 0 saturated heterocycles. The number of nitrogens with zero attached hydrogens (tertiary/aromatic N) is 2. The number of amides is 1. The maximum atomic E-state index is 12.9. The van der Waals surface area contributed by atoms with E-state index in [9.17, 15) is 9.59 Å². The second-order valence-corrected chi connectivity index (χ2v) is 6.89. The maximum absolute atomic E-state index is 12.9. The van der Waals surface area contributed by atoms with Crippen LogP contribution >= 0.6 is 0 Å². The third-order valence-electron chi connectivity index (χ3n) is 5.03. The summed E-state index contributed by atoms with van der Waals surface area (Å²) in [5.74, 6) is -0.0265. The topological polar surface area (TPSA) is 63.6 Å². The lowest BCUT2D eigenvalue weighted by Crippen LogP contribution is -2.29. The predicted molar refractivity (Wildman–Crippen MR) is 113 cm³/mol. The first-order valence-electron chi connectivity index (χ1n) is 9.74. The average molecular weight is 389 g/mol. The van der Waals surface area contributed by atoms with Crippen LogP contribution in [0.25, 0.3) is 0 Å². The SMILES string of the molecule is CCOC(=O)Nc1ccc2c(c1)N(CC(=O)n1cccc1)c1ccccc1CC2. The molecule has 2 heterocycles. The molecular formula is C23H23N3O3. The molecule has 1 N–H and O–H groups in total. The molecular weight excluding hydrogens is 366 g/mol. The number of fused-ring (bicyclic) bond motifs is 2. The zero-order valence-corrected chi connectivity index (χ0v) is 16.3. The zero-order valence-electron chi connectivity index (χ0n) is 16.3. The van der Waals surface area contributed by atoms with Crippen LogP contribution in [0.3, 0.4) is 0 Å². The van der Waals surface area contributed by atoms with Crippen LogP contribution in [-0.2, 0) is 17.6 Å². The van der Waals surface area contributed by atoms with Gasteiger partial charge in [0.15, 0.2) is 0 Å². The van der Waals surface area contributed by atoms with Crippen LogP contribution in [0, 0.1) is 0 Å². The Kier molecular flexibility index (Phi) is 5.33. The van der Waals surface area contributed by atoms with E-state index in [1.165, 1.54) is 5.56 Å². The summed E-state index contributed by atoms with van der Waals surface area (Å²) >= 11 is 0. The molecule has 0 bridgehead atoms. The number of hydrogen-bond acceptors (Lipinski definition) is 4. The van der Waals surface area contributed by atoms with Gasteiger partial charge in [-0.2, -0.15) is 0 Å². The molecule has 148 valence electrons. The smallest absolute Gasteiger partial charge is 0.411 e. The number of anilines is 3. The summed E-state index contributed by atoms with van der Waals surface area (Å²) in [6, 6.07) is 17.6. The van der Waals surface area contributed by atoms with E-state index in [0.29, 0.717) is 12.3 Å². The highest BCUT2D eigenvalue weighted by atomic mass is 16.5. The number of hydrogen-bond donors (Lipinski definition) is 1. The molecule has 1 aliphatic heterocycles. The highest BCUT2D eigenvalue weighted by Crippen LogP contribution is 2.37. The highest BCUT2D eigenvalue weighted by Gasteiger charge is 2.23. The van der Waals surface area contributed by atoms with Crippen molar-refractivity contribution in [3.63, 3.8) is 0 Å². The monoisotopic (exact) mass is 389 g/mol. The van der Waals surface area contributed by atoms with Gasteiger partial charge in [0.1, 0.15) is 6.54 Å². The summed E-state index contributed by atoms with van der Waals surface area (Å²) in [7, 11) is 0. The fourth-order valence-electron chi connectivity index (χ4n) is 3.66. The lowest BCUT2D eigenvalue weighted by molar-refractivity contribution is 0.0924. The molecule has 4 rings (SSSR count). The van der Waals surface area contributed by atoms with Gasteiger partial charge in [-0.15, -0.1) is 0 Å². The van der Waals surface area contributed by atoms with E-state index in [2.05, 4.69) is 11.4 Å². The highest BCUT2D eigenvalue weighted by molar-refractivity contribution is 5.90. The Morgan fingerprint density at radius 2 is 1.69 bits per heavy atom. The molecule has 1 aliphatic rings. The minimum Gasteiger partial charge on any atom is -0.450 e. The summed E-state index contributed by atoms with van der Waals surface area (Å²) in [6.07, 6.45) is 4.77. The molecule has 1 aromatic heterocycles. The average Bonchev–Trinajstić information content (AvgIpc) is 3.22. The molecule has 0 radical (unpaired) electrons. The molecule has 6 nitrogen and oxygen atoms in total. The lowest BCUT2D eigenvalue weighted by Gasteiger charge is -2.27. The normalized spacial score (nSPS) is 12.5. The summed E-state index contributed by atoms with van der Waals surface area (Å²) < 4.78 is 6.58. The molecule has 0 saturated carbocycles. The first-order chi connectivity index (χ1) is 14.2. The number of aromatic nitrogens is 1. The molecule has 29 heavy (non-hydrogen) atoms. The molecule has 0 unspecified atom stereocenters. The summed E-state index contributed by atoms with van der Waals surface area (Å²) in [5, 5.41) is 2.76. The molecule has 3 aromatic rings. The number of rotatable bonds is 4. The molecule has 6 heteroatoms. The number of aryl methyl sites for hydroxylation is 2. The van der Waals surface area contributed by atoms with E-state index >= 15 is 0 Å². The predicted octanol–water partition coefficient (Wildman–Crippen LogP) is 4.63. The second kappa shape index (κ2) is 8.22. The van der Waals surface area contributed by atoms with Crippen molar-refractivity contribution in [3.8, 4) is 0 Å². The molecule has 0 aliphatic carbocycles. The number of para-hydroxylation sites is 1. The van der Waals surface area contributed by atoms with E-state index in [0.717, 1.165) is 29.8 Å². The molecule has 2 aromatic carbocycles. The number of nitrogens with one attached hydrogen (secondary N) is 1. The maximum Gasteiger partial charge on any atom is 0.411 e. The Hall–Kier alpha value is -3.54. The Labute approximate surface area is 169 Å². The fraction of sp³-hybridized carbons (Fsp3) is 0.217. The van der Waals surface area contributed by atoms with Gasteiger partial charge in [-0.25, -0.2) is 4.79 Å². The van der Waals surface area contributed by atoms with E-state index in [-0.39, 0.29) is 12.5 Å². The van der Waals surface area contributed by atoms with E-state index in [1.807, 2.05) is 53.4 Å². The van der Waals surface area contributed by atoms with E-state index in [4.69, 9.17) is 4.74 Å². The third kappa shape index (κ3) is 4.01. The molecule has 1 amide bonds. The van der Waals surface area contributed by atoms with Crippen LogP contribution in [0.15, 0.2) is 67.0 Å². The van der Waals surface area contributed by atoms with Crippen molar-refractivity contribution >= 4 is 29.1 Å². The minimum atomic E-state index is -0.489. The van der Waals surface area contributed by atoms with Gasteiger partial charge in [0.05, 0.1) is 6.61 Å². The van der Waals surface area contributed by atoms with Crippen molar-refractivity contribution in [2.75, 3.05) is 23.4 Å². The standard InChI is InChI=1S/C23H23N3O3/c1-2-29-23(28)24-19-12-11-18-10-9-17-7-3-4-8-20(17)26(21(18)15-19)16-22(27)25-13-5-6-14-25/h3-8,11-15H,2,9-10,16H2,1H3,(H,24,28). The molecule has 0 atom stereocenters. The summed E-state index contributed by atoms with van der Waals surface area (Å²) in [4.78, 5) is 26.8. The Balaban J connectivity index is 1.73. The first kappa shape index (κ1) is 18.8. The van der Waals surface area contributed by atoms with Gasteiger partial charge in [0, 0.05) is 29.5 Å². The van der Waals surface area contributed by atoms with Crippen molar-refractivity contribution in [2.24, 2.45) is 0 Å². The number of benzene rings is 2. The van der Waals surface area contributed by atoms with Gasteiger partial charge >= 0.3 is 6.09 Å². The van der Waals surface area contributed by atoms with Gasteiger partial charge in [-0.3, -0.25) is 14.7 Å². The van der Waals surface area contributed by atoms with Crippen LogP contribution < -0.4 is 10.2 Å². The van der Waals surface area contributed by atoms with Gasteiger partial charge in [0.2, 0.25) is 0 Å². The van der Waals surface area contributed by atoms with Gasteiger partial charge in [-0.1, -0.05) is 24.3 Å². The van der Waals surface area contributed by atoms with Crippen molar-refractivity contribution < 1.29 is 14.3 Å². The Morgan fingerprint density at radius 1 is 0.966 bits per heavy atom. The number of carbonyl (C=O) groups excluding carboxylic acids is 2. The quantitative estimate of drug-likeness (QED) is 0.706. The fourth-order valence-corrected chi connectivity index (χ4v) is 3.66. The molecule has 0 spiro atoms. The van der Waals surface area contributed by atoms with E-state index < -0.39 is 6.09 Å². The van der Waals surface area contributed by atoms with Gasteiger partial charge < -0.3 is 9.64 Å². The van der Waals surface area contributed by atoms with Gasteiger partial charge in [0.25, 0.3) is 5.91 Å². The Morgan fingerprint density at radius 3 is 2.45 bits per heavy atom. The second-order valence-electron chi connectivity index (χ2n) is 6.89. The van der Waals surface area contributed by atoms with Crippen LogP contribution in [0.4, 0.5) is 21.9 Å². The van der Waals surface area contributed by atoms with Crippen molar-refractivity contribution in [1.29, 1.82) is 0 Å². The van der Waals surface area contributed by atoms with Crippen molar-refractivity contribution in [1.82, 2.24) is 4.57 Å². The first-order valence-corrected chi connectivity index (χ1v) is 9.74. The van der Waals surface area contributed by atoms with E-state index in [1.54, 1.807) is 23.9 Å². The van der Waals surface area contributed by atoms with Crippen molar-refractivity contribution in [2.45, 2.75) is 19.8 Å². The van der Waals surface area contributed by atoms with Crippen LogP contribution in [0.1, 0.15) is 22.8 Å². The summed E-state index contributed by atoms with van der Waals surface area (Å²) in [6.45, 7) is 2.27. The Bertz CT molecular complexity index is 1030. The van der Waals surface area contributed by atoms with Crippen LogP contribution in [-0.4, -0.2) is 29.7 Å². The number of ether oxygens (including phenoxy) is 1. The minimum absolute atomic E-state index is 0.0265. The van der Waals surface area contributed by atoms with Gasteiger partial charge in [-0.05, 0) is 61.2 Å². The zero-order chi connectivity index (χ0) is 20.2. The molecule has 0 fully saturated rings. The third-order valence-corrected chi connectivity index (χ3v) is 5.03. The largest absolute Gasteiger partial charge is 0.450 e. The van der Waals surface area contributed by atoms with Crippen molar-refractivity contribution in [3.05, 3.63) is 78.1 Å².